The lowest BCUT2D eigenvalue weighted by atomic mass is 9.95. The molecule has 2 aromatic rings. The molecule has 2 N–H and O–H groups in total. The van der Waals surface area contributed by atoms with Crippen LogP contribution in [0.1, 0.15) is 30.0 Å². The van der Waals surface area contributed by atoms with Crippen molar-refractivity contribution in [3.8, 4) is 0 Å². The second-order valence-electron chi connectivity index (χ2n) is 9.08. The molecule has 0 spiro atoms. The molecule has 3 aliphatic rings. The van der Waals surface area contributed by atoms with E-state index in [0.29, 0.717) is 23.3 Å². The second-order valence-corrected chi connectivity index (χ2v) is 9.08. The van der Waals surface area contributed by atoms with E-state index in [-0.39, 0.29) is 30.1 Å². The number of carbonyl (C=O) groups excluding carboxylic acids is 3. The molecule has 0 unspecified atom stereocenters. The number of nitrogens with zero attached hydrogens (tertiary/aromatic N) is 3. The first-order valence-corrected chi connectivity index (χ1v) is 11.5. The quantitative estimate of drug-likeness (QED) is 0.470. The summed E-state index contributed by atoms with van der Waals surface area (Å²) >= 11 is 0. The summed E-state index contributed by atoms with van der Waals surface area (Å²) in [5, 5.41) is 17.1. The van der Waals surface area contributed by atoms with E-state index in [9.17, 15) is 24.5 Å². The largest absolute Gasteiger partial charge is 0.352 e. The smallest absolute Gasteiger partial charge is 0.322 e. The van der Waals surface area contributed by atoms with Gasteiger partial charge in [0.25, 0.3) is 11.6 Å². The number of amides is 4. The summed E-state index contributed by atoms with van der Waals surface area (Å²) in [5.41, 5.74) is 2.03. The molecule has 0 bridgehead atoms. The molecule has 0 radical (unpaired) electrons. The van der Waals surface area contributed by atoms with Gasteiger partial charge < -0.3 is 15.5 Å². The molecular formula is C25H25N5O5. The normalized spacial score (nSPS) is 20.4. The van der Waals surface area contributed by atoms with Crippen LogP contribution in [-0.2, 0) is 16.0 Å². The number of hydrogen-bond acceptors (Lipinski definition) is 5. The van der Waals surface area contributed by atoms with Crippen molar-refractivity contribution in [1.29, 1.82) is 0 Å². The minimum absolute atomic E-state index is 0.0963. The Hall–Kier alpha value is -4.21. The van der Waals surface area contributed by atoms with Crippen LogP contribution in [-0.4, -0.2) is 58.2 Å². The van der Waals surface area contributed by atoms with E-state index in [1.54, 1.807) is 13.1 Å². The maximum absolute atomic E-state index is 13.8. The molecule has 180 valence electrons. The van der Waals surface area contributed by atoms with Gasteiger partial charge in [0.15, 0.2) is 0 Å². The van der Waals surface area contributed by atoms with Crippen molar-refractivity contribution in [3.63, 3.8) is 0 Å². The lowest BCUT2D eigenvalue weighted by molar-refractivity contribution is -0.384. The van der Waals surface area contributed by atoms with Gasteiger partial charge in [0.05, 0.1) is 28.8 Å². The van der Waals surface area contributed by atoms with Crippen LogP contribution in [0, 0.1) is 10.1 Å². The average Bonchev–Trinajstić information content (AvgIpc) is 3.61. The third-order valence-electron chi connectivity index (χ3n) is 6.68. The Kier molecular flexibility index (Phi) is 5.72. The van der Waals surface area contributed by atoms with Crippen molar-refractivity contribution in [3.05, 3.63) is 87.1 Å². The van der Waals surface area contributed by atoms with Crippen LogP contribution >= 0.6 is 0 Å². The zero-order chi connectivity index (χ0) is 24.7. The number of carbonyl (C=O) groups is 3. The van der Waals surface area contributed by atoms with Crippen molar-refractivity contribution in [2.75, 3.05) is 13.6 Å². The Balaban J connectivity index is 1.50. The fraction of sp³-hybridized carbons (Fsp3) is 0.320. The minimum atomic E-state index is -0.852. The van der Waals surface area contributed by atoms with Crippen LogP contribution < -0.4 is 10.6 Å². The van der Waals surface area contributed by atoms with E-state index in [0.717, 1.165) is 18.4 Å². The molecule has 2 aliphatic heterocycles. The van der Waals surface area contributed by atoms with E-state index >= 15 is 0 Å². The van der Waals surface area contributed by atoms with Gasteiger partial charge >= 0.3 is 6.03 Å². The van der Waals surface area contributed by atoms with Crippen molar-refractivity contribution >= 4 is 23.5 Å². The monoisotopic (exact) mass is 475 g/mol. The van der Waals surface area contributed by atoms with E-state index in [1.165, 1.54) is 28.0 Å². The maximum Gasteiger partial charge on any atom is 0.322 e. The van der Waals surface area contributed by atoms with Crippen LogP contribution in [0.25, 0.3) is 0 Å². The Bertz CT molecular complexity index is 1240. The van der Waals surface area contributed by atoms with Gasteiger partial charge in [-0.3, -0.25) is 24.6 Å². The second kappa shape index (κ2) is 8.86. The van der Waals surface area contributed by atoms with Gasteiger partial charge in [-0.2, -0.15) is 0 Å². The summed E-state index contributed by atoms with van der Waals surface area (Å²) in [6.45, 7) is 0.0963. The fourth-order valence-electron chi connectivity index (χ4n) is 4.61. The average molecular weight is 476 g/mol. The van der Waals surface area contributed by atoms with Gasteiger partial charge in [0, 0.05) is 31.6 Å². The predicted molar refractivity (Wildman–Crippen MR) is 126 cm³/mol. The topological polar surface area (TPSA) is 125 Å². The Morgan fingerprint density at radius 2 is 1.91 bits per heavy atom. The SMILES string of the molecule is CN1C(=O)N[C@H](c2cccc([N+](=O)[O-])c2)C2=C1CN([C@H](Cc1ccccc1)C(=O)NC1CC1)C2=O. The summed E-state index contributed by atoms with van der Waals surface area (Å²) in [4.78, 5) is 53.5. The number of nitro groups is 1. The zero-order valence-corrected chi connectivity index (χ0v) is 19.1. The van der Waals surface area contributed by atoms with Crippen LogP contribution in [0.2, 0.25) is 0 Å². The third kappa shape index (κ3) is 4.34. The number of nitro benzene ring substituents is 1. The van der Waals surface area contributed by atoms with E-state index in [4.69, 9.17) is 0 Å². The van der Waals surface area contributed by atoms with Crippen LogP contribution in [0.15, 0.2) is 65.9 Å². The minimum Gasteiger partial charge on any atom is -0.352 e. The highest BCUT2D eigenvalue weighted by Gasteiger charge is 2.46. The standard InChI is InChI=1S/C25H25N5O5/c1-28-20-14-29(19(23(31)26-17-10-11-17)12-15-6-3-2-4-7-15)24(32)21(20)22(27-25(28)33)16-8-5-9-18(13-16)30(34)35/h2-9,13,17,19,22H,10-12,14H2,1H3,(H,26,31)(H,27,33)/t19-,22-/m1/s1. The van der Waals surface area contributed by atoms with Gasteiger partial charge in [-0.1, -0.05) is 42.5 Å². The zero-order valence-electron chi connectivity index (χ0n) is 19.1. The third-order valence-corrected chi connectivity index (χ3v) is 6.68. The lowest BCUT2D eigenvalue weighted by Crippen LogP contribution is -2.50. The van der Waals surface area contributed by atoms with Crippen LogP contribution in [0.5, 0.6) is 0 Å². The maximum atomic E-state index is 13.8. The summed E-state index contributed by atoms with van der Waals surface area (Å²) in [7, 11) is 1.57. The molecule has 2 aromatic carbocycles. The van der Waals surface area contributed by atoms with Gasteiger partial charge in [0.2, 0.25) is 5.91 Å². The highest BCUT2D eigenvalue weighted by molar-refractivity contribution is 6.03. The first-order valence-electron chi connectivity index (χ1n) is 11.5. The summed E-state index contributed by atoms with van der Waals surface area (Å²) in [5.74, 6) is -0.589. The molecule has 1 aliphatic carbocycles. The van der Waals surface area contributed by atoms with Crippen molar-refractivity contribution in [1.82, 2.24) is 20.4 Å². The summed E-state index contributed by atoms with van der Waals surface area (Å²) < 4.78 is 0. The number of non-ortho nitro benzene ring substituents is 1. The van der Waals surface area contributed by atoms with Gasteiger partial charge in [-0.25, -0.2) is 4.79 Å². The molecule has 0 aromatic heterocycles. The van der Waals surface area contributed by atoms with Gasteiger partial charge in [0.1, 0.15) is 6.04 Å². The summed E-state index contributed by atoms with van der Waals surface area (Å²) in [6, 6.07) is 13.5. The van der Waals surface area contributed by atoms with E-state index in [1.807, 2.05) is 30.3 Å². The van der Waals surface area contributed by atoms with E-state index in [2.05, 4.69) is 10.6 Å². The number of benzene rings is 2. The van der Waals surface area contributed by atoms with Crippen molar-refractivity contribution in [2.45, 2.75) is 37.4 Å². The predicted octanol–water partition coefficient (Wildman–Crippen LogP) is 2.28. The first-order chi connectivity index (χ1) is 16.8. The first kappa shape index (κ1) is 22.6. The molecular weight excluding hydrogens is 450 g/mol. The number of nitrogens with one attached hydrogen (secondary N) is 2. The molecule has 5 rings (SSSR count). The molecule has 4 amide bonds. The molecule has 2 atom stereocenters. The number of rotatable bonds is 7. The molecule has 0 saturated heterocycles. The van der Waals surface area contributed by atoms with Crippen molar-refractivity contribution in [2.24, 2.45) is 0 Å². The molecule has 10 heteroatoms. The summed E-state index contributed by atoms with van der Waals surface area (Å²) in [6.07, 6.45) is 2.17. The van der Waals surface area contributed by atoms with Gasteiger partial charge in [-0.05, 0) is 24.0 Å². The van der Waals surface area contributed by atoms with Gasteiger partial charge in [-0.15, -0.1) is 0 Å². The molecule has 2 heterocycles. The Morgan fingerprint density at radius 3 is 2.60 bits per heavy atom. The highest BCUT2D eigenvalue weighted by Crippen LogP contribution is 2.37. The van der Waals surface area contributed by atoms with Crippen LogP contribution in [0.4, 0.5) is 10.5 Å². The van der Waals surface area contributed by atoms with Crippen molar-refractivity contribution < 1.29 is 19.3 Å². The number of likely N-dealkylation sites (N-methyl/N-ethyl adjacent to an activating group) is 1. The lowest BCUT2D eigenvalue weighted by Gasteiger charge is -2.31. The molecule has 35 heavy (non-hydrogen) atoms. The Morgan fingerprint density at radius 1 is 1.17 bits per heavy atom. The fourth-order valence-corrected chi connectivity index (χ4v) is 4.61. The molecule has 1 saturated carbocycles. The number of hydrogen-bond donors (Lipinski definition) is 2. The molecule has 1 fully saturated rings. The Labute approximate surface area is 201 Å². The highest BCUT2D eigenvalue weighted by atomic mass is 16.6. The van der Waals surface area contributed by atoms with Crippen LogP contribution in [0.3, 0.4) is 0 Å². The van der Waals surface area contributed by atoms with E-state index < -0.39 is 23.0 Å². The number of urea groups is 1. The molecule has 10 nitrogen and oxygen atoms in total.